The Bertz CT molecular complexity index is 817. The summed E-state index contributed by atoms with van der Waals surface area (Å²) in [5.41, 5.74) is 2.20. The van der Waals surface area contributed by atoms with Crippen LogP contribution in [0.5, 0.6) is 5.75 Å². The number of anilines is 3. The van der Waals surface area contributed by atoms with Crippen molar-refractivity contribution in [2.24, 2.45) is 0 Å². The summed E-state index contributed by atoms with van der Waals surface area (Å²) in [5.74, 6) is 0.507. The van der Waals surface area contributed by atoms with Gasteiger partial charge in [-0.2, -0.15) is 0 Å². The number of amides is 2. The second kappa shape index (κ2) is 10.5. The molecule has 7 nitrogen and oxygen atoms in total. The van der Waals surface area contributed by atoms with Gasteiger partial charge in [0.15, 0.2) is 0 Å². The molecule has 2 aromatic rings. The van der Waals surface area contributed by atoms with Gasteiger partial charge in [-0.1, -0.05) is 13.0 Å². The van der Waals surface area contributed by atoms with Crippen LogP contribution in [0.4, 0.5) is 17.1 Å². The zero-order valence-corrected chi connectivity index (χ0v) is 16.6. The fourth-order valence-electron chi connectivity index (χ4n) is 2.94. The fourth-order valence-corrected chi connectivity index (χ4v) is 2.94. The molecule has 1 unspecified atom stereocenters. The van der Waals surface area contributed by atoms with Crippen LogP contribution < -0.4 is 20.7 Å². The Hall–Kier alpha value is -3.06. The summed E-state index contributed by atoms with van der Waals surface area (Å²) in [6.45, 7) is 3.25. The number of ether oxygens (including phenoxy) is 2. The van der Waals surface area contributed by atoms with Crippen molar-refractivity contribution in [3.8, 4) is 5.75 Å². The number of rotatable bonds is 9. The Morgan fingerprint density at radius 1 is 1.03 bits per heavy atom. The zero-order chi connectivity index (χ0) is 20.5. The van der Waals surface area contributed by atoms with Crippen LogP contribution in [0.15, 0.2) is 48.5 Å². The van der Waals surface area contributed by atoms with Crippen LogP contribution in [-0.4, -0.2) is 37.7 Å². The summed E-state index contributed by atoms with van der Waals surface area (Å²) in [7, 11) is 0. The van der Waals surface area contributed by atoms with Crippen molar-refractivity contribution in [1.82, 2.24) is 0 Å². The average molecular weight is 397 g/mol. The van der Waals surface area contributed by atoms with Crippen LogP contribution in [0, 0.1) is 0 Å². The molecule has 3 rings (SSSR count). The van der Waals surface area contributed by atoms with E-state index in [1.165, 1.54) is 0 Å². The molecule has 1 atom stereocenters. The molecule has 1 aliphatic rings. The van der Waals surface area contributed by atoms with Gasteiger partial charge in [0.05, 0.1) is 12.6 Å². The minimum atomic E-state index is -0.162. The molecule has 0 saturated carbocycles. The van der Waals surface area contributed by atoms with Crippen LogP contribution in [-0.2, 0) is 14.3 Å². The average Bonchev–Trinajstić information content (AvgIpc) is 3.26. The van der Waals surface area contributed by atoms with E-state index in [1.54, 1.807) is 25.1 Å². The van der Waals surface area contributed by atoms with E-state index in [-0.39, 0.29) is 24.5 Å². The Labute approximate surface area is 170 Å². The molecule has 1 aliphatic heterocycles. The highest BCUT2D eigenvalue weighted by molar-refractivity contribution is 5.94. The summed E-state index contributed by atoms with van der Waals surface area (Å²) in [6, 6.07) is 14.6. The van der Waals surface area contributed by atoms with Crippen molar-refractivity contribution in [3.05, 3.63) is 48.5 Å². The maximum Gasteiger partial charge on any atom is 0.243 e. The molecule has 1 fully saturated rings. The quantitative estimate of drug-likeness (QED) is 0.601. The van der Waals surface area contributed by atoms with E-state index in [9.17, 15) is 9.59 Å². The van der Waals surface area contributed by atoms with E-state index in [1.807, 2.05) is 30.3 Å². The molecule has 2 amide bonds. The Kier molecular flexibility index (Phi) is 7.47. The Morgan fingerprint density at radius 2 is 1.79 bits per heavy atom. The third-order valence-corrected chi connectivity index (χ3v) is 4.52. The van der Waals surface area contributed by atoms with Gasteiger partial charge in [-0.15, -0.1) is 0 Å². The number of hydrogen-bond acceptors (Lipinski definition) is 5. The van der Waals surface area contributed by atoms with Gasteiger partial charge in [0, 0.05) is 36.2 Å². The highest BCUT2D eigenvalue weighted by Gasteiger charge is 2.16. The molecule has 29 heavy (non-hydrogen) atoms. The first kappa shape index (κ1) is 20.7. The number of carbonyl (C=O) groups is 2. The third-order valence-electron chi connectivity index (χ3n) is 4.52. The summed E-state index contributed by atoms with van der Waals surface area (Å²) in [6.07, 6.45) is 2.68. The number of carbonyl (C=O) groups excluding carboxylic acids is 2. The maximum atomic E-state index is 12.2. The number of nitrogens with one attached hydrogen (secondary N) is 3. The second-order valence-electron chi connectivity index (χ2n) is 6.85. The molecular formula is C22H27N3O4. The van der Waals surface area contributed by atoms with E-state index >= 15 is 0 Å². The lowest BCUT2D eigenvalue weighted by molar-refractivity contribution is -0.116. The molecule has 3 N–H and O–H groups in total. The summed E-state index contributed by atoms with van der Waals surface area (Å²) in [4.78, 5) is 23.6. The van der Waals surface area contributed by atoms with Gasteiger partial charge in [0.1, 0.15) is 12.4 Å². The van der Waals surface area contributed by atoms with E-state index in [0.29, 0.717) is 24.5 Å². The highest BCUT2D eigenvalue weighted by Crippen LogP contribution is 2.20. The second-order valence-corrected chi connectivity index (χ2v) is 6.85. The molecule has 1 saturated heterocycles. The predicted octanol–water partition coefficient (Wildman–Crippen LogP) is 3.64. The topological polar surface area (TPSA) is 88.7 Å². The van der Waals surface area contributed by atoms with Crippen molar-refractivity contribution in [3.63, 3.8) is 0 Å². The summed E-state index contributed by atoms with van der Waals surface area (Å²) < 4.78 is 11.3. The van der Waals surface area contributed by atoms with Crippen molar-refractivity contribution in [2.75, 3.05) is 35.7 Å². The molecular weight excluding hydrogens is 370 g/mol. The van der Waals surface area contributed by atoms with Gasteiger partial charge in [0.2, 0.25) is 11.8 Å². The smallest absolute Gasteiger partial charge is 0.243 e. The number of hydrogen-bond donors (Lipinski definition) is 3. The van der Waals surface area contributed by atoms with Crippen molar-refractivity contribution >= 4 is 28.9 Å². The van der Waals surface area contributed by atoms with Crippen LogP contribution in [0.3, 0.4) is 0 Å². The van der Waals surface area contributed by atoms with E-state index < -0.39 is 0 Å². The maximum absolute atomic E-state index is 12.2. The standard InChI is InChI=1S/C22H27N3O4/c1-2-21(26)24-17-10-8-16(9-11-17)23-14-22(27)25-18-5-3-6-19(13-18)29-15-20-7-4-12-28-20/h3,5-6,8-11,13,20,23H,2,4,7,12,14-15H2,1H3,(H,24,26)(H,25,27). The van der Waals surface area contributed by atoms with Gasteiger partial charge in [-0.25, -0.2) is 0 Å². The van der Waals surface area contributed by atoms with E-state index in [4.69, 9.17) is 9.47 Å². The lowest BCUT2D eigenvalue weighted by Crippen LogP contribution is -2.21. The van der Waals surface area contributed by atoms with Crippen LogP contribution >= 0.6 is 0 Å². The minimum Gasteiger partial charge on any atom is -0.491 e. The lowest BCUT2D eigenvalue weighted by atomic mass is 10.2. The molecule has 1 heterocycles. The normalized spacial score (nSPS) is 15.6. The largest absolute Gasteiger partial charge is 0.491 e. The molecule has 2 aromatic carbocycles. The van der Waals surface area contributed by atoms with Crippen LogP contribution in [0.25, 0.3) is 0 Å². The first-order valence-electron chi connectivity index (χ1n) is 9.90. The lowest BCUT2D eigenvalue weighted by Gasteiger charge is -2.13. The monoisotopic (exact) mass is 397 g/mol. The fraction of sp³-hybridized carbons (Fsp3) is 0.364. The molecule has 7 heteroatoms. The summed E-state index contributed by atoms with van der Waals surface area (Å²) in [5, 5.41) is 8.70. The first-order chi connectivity index (χ1) is 14.1. The van der Waals surface area contributed by atoms with Crippen LogP contribution in [0.1, 0.15) is 26.2 Å². The predicted molar refractivity (Wildman–Crippen MR) is 113 cm³/mol. The molecule has 0 aliphatic carbocycles. The minimum absolute atomic E-state index is 0.0351. The Balaban J connectivity index is 1.44. The number of benzene rings is 2. The molecule has 0 bridgehead atoms. The molecule has 0 radical (unpaired) electrons. The first-order valence-corrected chi connectivity index (χ1v) is 9.90. The summed E-state index contributed by atoms with van der Waals surface area (Å²) >= 11 is 0. The highest BCUT2D eigenvalue weighted by atomic mass is 16.5. The SMILES string of the molecule is CCC(=O)Nc1ccc(NCC(=O)Nc2cccc(OCC3CCCO3)c2)cc1. The van der Waals surface area contributed by atoms with Gasteiger partial charge < -0.3 is 25.4 Å². The Morgan fingerprint density at radius 3 is 2.52 bits per heavy atom. The molecule has 0 aromatic heterocycles. The van der Waals surface area contributed by atoms with Gasteiger partial charge in [-0.05, 0) is 49.2 Å². The third kappa shape index (κ3) is 6.80. The van der Waals surface area contributed by atoms with E-state index in [0.717, 1.165) is 30.8 Å². The van der Waals surface area contributed by atoms with Crippen LogP contribution in [0.2, 0.25) is 0 Å². The zero-order valence-electron chi connectivity index (χ0n) is 16.6. The van der Waals surface area contributed by atoms with Crippen molar-refractivity contribution in [2.45, 2.75) is 32.3 Å². The molecule has 0 spiro atoms. The van der Waals surface area contributed by atoms with Gasteiger partial charge in [0.25, 0.3) is 0 Å². The van der Waals surface area contributed by atoms with Gasteiger partial charge >= 0.3 is 0 Å². The van der Waals surface area contributed by atoms with Crippen molar-refractivity contribution < 1.29 is 19.1 Å². The van der Waals surface area contributed by atoms with Crippen molar-refractivity contribution in [1.29, 1.82) is 0 Å². The molecule has 154 valence electrons. The van der Waals surface area contributed by atoms with E-state index in [2.05, 4.69) is 16.0 Å². The van der Waals surface area contributed by atoms with Gasteiger partial charge in [-0.3, -0.25) is 9.59 Å².